The third kappa shape index (κ3) is 3.88. The number of carbonyl (C=O) groups is 1. The van der Waals surface area contributed by atoms with Gasteiger partial charge in [0.15, 0.2) is 5.82 Å². The predicted molar refractivity (Wildman–Crippen MR) is 84.7 cm³/mol. The van der Waals surface area contributed by atoms with Crippen LogP contribution in [0.5, 0.6) is 0 Å². The first-order valence-electron chi connectivity index (χ1n) is 6.18. The summed E-state index contributed by atoms with van der Waals surface area (Å²) in [4.78, 5) is 11.9. The Bertz CT molecular complexity index is 759. The Morgan fingerprint density at radius 1 is 1.23 bits per heavy atom. The number of halogens is 3. The van der Waals surface area contributed by atoms with Crippen molar-refractivity contribution in [2.75, 3.05) is 17.2 Å². The number of nitrogens with zero attached hydrogens (tertiary/aromatic N) is 1. The van der Waals surface area contributed by atoms with Crippen LogP contribution in [-0.2, 0) is 4.79 Å². The quantitative estimate of drug-likeness (QED) is 0.884. The van der Waals surface area contributed by atoms with Gasteiger partial charge in [0.05, 0.1) is 28.5 Å². The van der Waals surface area contributed by atoms with Crippen LogP contribution in [0.2, 0.25) is 10.0 Å². The summed E-state index contributed by atoms with van der Waals surface area (Å²) in [7, 11) is 0. The highest BCUT2D eigenvalue weighted by Gasteiger charge is 2.10. The SMILES string of the molecule is N#Cc1ccc(Cl)cc1NC(=O)CNc1cccc(Cl)c1F. The van der Waals surface area contributed by atoms with Gasteiger partial charge in [0.2, 0.25) is 5.91 Å². The smallest absolute Gasteiger partial charge is 0.243 e. The average Bonchev–Trinajstić information content (AvgIpc) is 2.49. The Labute approximate surface area is 136 Å². The Kier molecular flexibility index (Phi) is 5.21. The van der Waals surface area contributed by atoms with Gasteiger partial charge in [-0.1, -0.05) is 29.3 Å². The van der Waals surface area contributed by atoms with E-state index in [9.17, 15) is 9.18 Å². The van der Waals surface area contributed by atoms with Crippen LogP contribution in [0.1, 0.15) is 5.56 Å². The summed E-state index contributed by atoms with van der Waals surface area (Å²) < 4.78 is 13.7. The molecule has 22 heavy (non-hydrogen) atoms. The van der Waals surface area contributed by atoms with Crippen LogP contribution < -0.4 is 10.6 Å². The highest BCUT2D eigenvalue weighted by Crippen LogP contribution is 2.22. The van der Waals surface area contributed by atoms with Crippen LogP contribution in [0.15, 0.2) is 36.4 Å². The van der Waals surface area contributed by atoms with Crippen LogP contribution in [0.4, 0.5) is 15.8 Å². The van der Waals surface area contributed by atoms with Crippen LogP contribution in [-0.4, -0.2) is 12.5 Å². The third-order valence-electron chi connectivity index (χ3n) is 2.77. The van der Waals surface area contributed by atoms with Crippen molar-refractivity contribution in [3.05, 3.63) is 57.8 Å². The van der Waals surface area contributed by atoms with E-state index in [1.165, 1.54) is 24.3 Å². The van der Waals surface area contributed by atoms with E-state index >= 15 is 0 Å². The zero-order valence-corrected chi connectivity index (χ0v) is 12.7. The molecule has 0 radical (unpaired) electrons. The molecule has 2 rings (SSSR count). The number of amides is 1. The minimum absolute atomic E-state index is 0.0352. The fourth-order valence-corrected chi connectivity index (χ4v) is 2.07. The Morgan fingerprint density at radius 3 is 2.73 bits per heavy atom. The van der Waals surface area contributed by atoms with Gasteiger partial charge in [-0.05, 0) is 30.3 Å². The highest BCUT2D eigenvalue weighted by atomic mass is 35.5. The molecule has 2 N–H and O–H groups in total. The number of rotatable bonds is 4. The van der Waals surface area contributed by atoms with Gasteiger partial charge in [-0.15, -0.1) is 0 Å². The standard InChI is InChI=1S/C15H10Cl2FN3O/c16-10-5-4-9(7-19)13(6-10)21-14(22)8-20-12-3-1-2-11(17)15(12)18/h1-6,20H,8H2,(H,21,22). The molecule has 0 saturated carbocycles. The fourth-order valence-electron chi connectivity index (χ4n) is 1.73. The molecule has 0 aliphatic heterocycles. The van der Waals surface area contributed by atoms with Crippen molar-refractivity contribution in [2.24, 2.45) is 0 Å². The molecule has 112 valence electrons. The van der Waals surface area contributed by atoms with E-state index in [2.05, 4.69) is 10.6 Å². The molecule has 2 aromatic carbocycles. The lowest BCUT2D eigenvalue weighted by Crippen LogP contribution is -2.22. The average molecular weight is 338 g/mol. The summed E-state index contributed by atoms with van der Waals surface area (Å²) >= 11 is 11.5. The molecule has 0 unspecified atom stereocenters. The number of nitriles is 1. The predicted octanol–water partition coefficient (Wildman–Crippen LogP) is 4.05. The Morgan fingerprint density at radius 2 is 2.00 bits per heavy atom. The summed E-state index contributed by atoms with van der Waals surface area (Å²) in [5.74, 6) is -1.07. The van der Waals surface area contributed by atoms with Crippen molar-refractivity contribution in [3.8, 4) is 6.07 Å². The summed E-state index contributed by atoms with van der Waals surface area (Å²) in [5, 5.41) is 14.5. The first kappa shape index (κ1) is 16.1. The normalized spacial score (nSPS) is 9.91. The van der Waals surface area contributed by atoms with Crippen LogP contribution >= 0.6 is 23.2 Å². The highest BCUT2D eigenvalue weighted by molar-refractivity contribution is 6.31. The fraction of sp³-hybridized carbons (Fsp3) is 0.0667. The lowest BCUT2D eigenvalue weighted by atomic mass is 10.2. The maximum atomic E-state index is 13.7. The van der Waals surface area contributed by atoms with Crippen LogP contribution in [0.3, 0.4) is 0 Å². The summed E-state index contributed by atoms with van der Waals surface area (Å²) in [5.41, 5.74) is 0.703. The van der Waals surface area contributed by atoms with E-state index in [4.69, 9.17) is 28.5 Å². The zero-order chi connectivity index (χ0) is 16.1. The first-order valence-corrected chi connectivity index (χ1v) is 6.94. The van der Waals surface area contributed by atoms with Crippen LogP contribution in [0, 0.1) is 17.1 Å². The molecule has 0 atom stereocenters. The number of nitrogens with one attached hydrogen (secondary N) is 2. The molecular formula is C15H10Cl2FN3O. The molecule has 0 aliphatic rings. The molecule has 1 amide bonds. The topological polar surface area (TPSA) is 64.9 Å². The van der Waals surface area contributed by atoms with Crippen molar-refractivity contribution >= 4 is 40.5 Å². The third-order valence-corrected chi connectivity index (χ3v) is 3.29. The molecular weight excluding hydrogens is 328 g/mol. The molecule has 0 bridgehead atoms. The lowest BCUT2D eigenvalue weighted by molar-refractivity contribution is -0.114. The molecule has 0 aliphatic carbocycles. The Balaban J connectivity index is 2.04. The van der Waals surface area contributed by atoms with Crippen molar-refractivity contribution in [2.45, 2.75) is 0 Å². The van der Waals surface area contributed by atoms with Gasteiger partial charge in [-0.3, -0.25) is 4.79 Å². The summed E-state index contributed by atoms with van der Waals surface area (Å²) in [6, 6.07) is 10.9. The molecule has 0 fully saturated rings. The minimum atomic E-state index is -0.627. The summed E-state index contributed by atoms with van der Waals surface area (Å²) in [6.45, 7) is -0.186. The minimum Gasteiger partial charge on any atom is -0.374 e. The van der Waals surface area contributed by atoms with E-state index in [0.29, 0.717) is 10.7 Å². The summed E-state index contributed by atoms with van der Waals surface area (Å²) in [6.07, 6.45) is 0. The van der Waals surface area contributed by atoms with Gasteiger partial charge in [0, 0.05) is 5.02 Å². The van der Waals surface area contributed by atoms with Gasteiger partial charge >= 0.3 is 0 Å². The van der Waals surface area contributed by atoms with Crippen molar-refractivity contribution in [1.82, 2.24) is 0 Å². The van der Waals surface area contributed by atoms with E-state index in [1.54, 1.807) is 12.1 Å². The molecule has 0 saturated heterocycles. The monoisotopic (exact) mass is 337 g/mol. The van der Waals surface area contributed by atoms with Gasteiger partial charge in [0.25, 0.3) is 0 Å². The van der Waals surface area contributed by atoms with Crippen molar-refractivity contribution in [3.63, 3.8) is 0 Å². The second-order valence-corrected chi connectivity index (χ2v) is 5.15. The number of benzene rings is 2. The molecule has 0 aromatic heterocycles. The van der Waals surface area contributed by atoms with Gasteiger partial charge in [-0.2, -0.15) is 5.26 Å². The Hall–Kier alpha value is -2.29. The second kappa shape index (κ2) is 7.12. The first-order chi connectivity index (χ1) is 10.5. The molecule has 0 spiro atoms. The number of carbonyl (C=O) groups excluding carboxylic acids is 1. The van der Waals surface area contributed by atoms with Gasteiger partial charge in [0.1, 0.15) is 6.07 Å². The van der Waals surface area contributed by atoms with Gasteiger partial charge < -0.3 is 10.6 Å². The maximum absolute atomic E-state index is 13.7. The number of hydrogen-bond donors (Lipinski definition) is 2. The molecule has 4 nitrogen and oxygen atoms in total. The van der Waals surface area contributed by atoms with E-state index < -0.39 is 11.7 Å². The number of anilines is 2. The maximum Gasteiger partial charge on any atom is 0.243 e. The van der Waals surface area contributed by atoms with Crippen LogP contribution in [0.25, 0.3) is 0 Å². The van der Waals surface area contributed by atoms with Gasteiger partial charge in [-0.25, -0.2) is 4.39 Å². The lowest BCUT2D eigenvalue weighted by Gasteiger charge is -2.10. The number of hydrogen-bond acceptors (Lipinski definition) is 3. The largest absolute Gasteiger partial charge is 0.374 e. The van der Waals surface area contributed by atoms with E-state index in [0.717, 1.165) is 0 Å². The molecule has 7 heteroatoms. The van der Waals surface area contributed by atoms with Crippen molar-refractivity contribution in [1.29, 1.82) is 5.26 Å². The van der Waals surface area contributed by atoms with Crippen molar-refractivity contribution < 1.29 is 9.18 Å². The molecule has 0 heterocycles. The molecule has 2 aromatic rings. The van der Waals surface area contributed by atoms with E-state index in [-0.39, 0.29) is 22.8 Å². The van der Waals surface area contributed by atoms with E-state index in [1.807, 2.05) is 6.07 Å². The zero-order valence-electron chi connectivity index (χ0n) is 11.2. The second-order valence-electron chi connectivity index (χ2n) is 4.30.